The van der Waals surface area contributed by atoms with E-state index >= 15 is 0 Å². The molecule has 1 aromatic carbocycles. The van der Waals surface area contributed by atoms with Crippen molar-refractivity contribution in [2.45, 2.75) is 0 Å². The van der Waals surface area contributed by atoms with E-state index in [1.807, 2.05) is 6.07 Å². The monoisotopic (exact) mass is 290 g/mol. The Bertz CT molecular complexity index is 671. The van der Waals surface area contributed by atoms with Crippen LogP contribution in [0.5, 0.6) is 5.75 Å². The Morgan fingerprint density at radius 1 is 1.30 bits per heavy atom. The summed E-state index contributed by atoms with van der Waals surface area (Å²) in [6, 6.07) is 6.73. The molecule has 0 spiro atoms. The second-order valence-electron chi connectivity index (χ2n) is 3.86. The highest BCUT2D eigenvalue weighted by atomic mass is 35.5. The molecule has 1 aromatic heterocycles. The lowest BCUT2D eigenvalue weighted by Crippen LogP contribution is -2.00. The molecule has 20 heavy (non-hydrogen) atoms. The molecule has 0 amide bonds. The number of ether oxygens (including phenoxy) is 1. The molecule has 0 radical (unpaired) electrons. The van der Waals surface area contributed by atoms with E-state index in [4.69, 9.17) is 21.4 Å². The van der Waals surface area contributed by atoms with Crippen LogP contribution in [0.2, 0.25) is 5.02 Å². The van der Waals surface area contributed by atoms with Gasteiger partial charge in [0.2, 0.25) is 0 Å². The third-order valence-electron chi connectivity index (χ3n) is 2.53. The minimum atomic E-state index is -1.09. The fourth-order valence-corrected chi connectivity index (χ4v) is 1.81. The third-order valence-corrected chi connectivity index (χ3v) is 2.83. The number of carboxylic acids is 1. The number of nitrogens with zero attached hydrogens (tertiary/aromatic N) is 2. The molecule has 6 heteroatoms. The Labute approximate surface area is 120 Å². The first kappa shape index (κ1) is 14.0. The van der Waals surface area contributed by atoms with Crippen molar-refractivity contribution in [1.82, 2.24) is 9.97 Å². The Morgan fingerprint density at radius 2 is 2.10 bits per heavy atom. The van der Waals surface area contributed by atoms with Crippen LogP contribution in [0.25, 0.3) is 12.2 Å². The lowest BCUT2D eigenvalue weighted by atomic mass is 10.2. The van der Waals surface area contributed by atoms with E-state index in [0.717, 1.165) is 5.56 Å². The molecule has 1 heterocycles. The van der Waals surface area contributed by atoms with Crippen molar-refractivity contribution in [2.24, 2.45) is 0 Å². The van der Waals surface area contributed by atoms with Gasteiger partial charge >= 0.3 is 5.97 Å². The van der Waals surface area contributed by atoms with Crippen LogP contribution >= 0.6 is 11.6 Å². The first-order chi connectivity index (χ1) is 9.60. The van der Waals surface area contributed by atoms with Gasteiger partial charge in [-0.25, -0.2) is 14.8 Å². The fraction of sp³-hybridized carbons (Fsp3) is 0.0714. The van der Waals surface area contributed by atoms with Gasteiger partial charge in [0.05, 0.1) is 17.8 Å². The van der Waals surface area contributed by atoms with Crippen molar-refractivity contribution < 1.29 is 14.6 Å². The molecule has 0 unspecified atom stereocenters. The Morgan fingerprint density at radius 3 is 2.75 bits per heavy atom. The van der Waals surface area contributed by atoms with Gasteiger partial charge in [-0.15, -0.1) is 0 Å². The summed E-state index contributed by atoms with van der Waals surface area (Å²) in [5.74, 6) is -0.492. The Kier molecular flexibility index (Phi) is 4.32. The van der Waals surface area contributed by atoms with Crippen molar-refractivity contribution >= 4 is 29.7 Å². The number of hydrogen-bond donors (Lipinski definition) is 1. The van der Waals surface area contributed by atoms with Crippen molar-refractivity contribution in [3.63, 3.8) is 0 Å². The van der Waals surface area contributed by atoms with Gasteiger partial charge in [-0.2, -0.15) is 0 Å². The quantitative estimate of drug-likeness (QED) is 0.937. The molecule has 0 saturated heterocycles. The number of halogens is 1. The van der Waals surface area contributed by atoms with E-state index in [0.29, 0.717) is 16.5 Å². The number of carbonyl (C=O) groups is 1. The van der Waals surface area contributed by atoms with Crippen LogP contribution in [0.3, 0.4) is 0 Å². The smallest absolute Gasteiger partial charge is 0.354 e. The number of methoxy groups -OCH3 is 1. The number of hydrogen-bond acceptors (Lipinski definition) is 4. The largest absolute Gasteiger partial charge is 0.495 e. The van der Waals surface area contributed by atoms with Crippen molar-refractivity contribution in [3.05, 3.63) is 52.6 Å². The van der Waals surface area contributed by atoms with Crippen LogP contribution < -0.4 is 4.74 Å². The van der Waals surface area contributed by atoms with E-state index in [9.17, 15) is 4.79 Å². The third kappa shape index (κ3) is 3.33. The van der Waals surface area contributed by atoms with Crippen LogP contribution in [-0.4, -0.2) is 28.2 Å². The lowest BCUT2D eigenvalue weighted by Gasteiger charge is -2.03. The molecule has 0 aliphatic rings. The predicted octanol–water partition coefficient (Wildman–Crippen LogP) is 3.01. The van der Waals surface area contributed by atoms with Gasteiger partial charge in [0.1, 0.15) is 12.1 Å². The maximum Gasteiger partial charge on any atom is 0.354 e. The molecule has 2 aromatic rings. The Balaban J connectivity index is 2.23. The summed E-state index contributed by atoms with van der Waals surface area (Å²) in [7, 11) is 1.55. The summed E-state index contributed by atoms with van der Waals surface area (Å²) < 4.78 is 5.06. The second kappa shape index (κ2) is 6.16. The number of carboxylic acid groups (broad SMARTS) is 1. The van der Waals surface area contributed by atoms with Crippen LogP contribution in [0, 0.1) is 0 Å². The molecule has 1 N–H and O–H groups in total. The highest BCUT2D eigenvalue weighted by Gasteiger charge is 2.04. The van der Waals surface area contributed by atoms with Gasteiger partial charge in [0.15, 0.2) is 5.69 Å². The SMILES string of the molecule is COc1ccc(/C=C/c2cc(C(=O)O)ncn2)cc1Cl. The number of benzene rings is 1. The van der Waals surface area contributed by atoms with Crippen molar-refractivity contribution in [3.8, 4) is 5.75 Å². The molecule has 0 aliphatic heterocycles. The highest BCUT2D eigenvalue weighted by Crippen LogP contribution is 2.25. The maximum atomic E-state index is 10.8. The molecule has 0 fully saturated rings. The summed E-state index contributed by atoms with van der Waals surface area (Å²) in [4.78, 5) is 18.4. The van der Waals surface area contributed by atoms with E-state index in [2.05, 4.69) is 9.97 Å². The van der Waals surface area contributed by atoms with Gasteiger partial charge in [0.25, 0.3) is 0 Å². The zero-order chi connectivity index (χ0) is 14.5. The molecule has 5 nitrogen and oxygen atoms in total. The molecule has 0 atom stereocenters. The fourth-order valence-electron chi connectivity index (χ4n) is 1.55. The van der Waals surface area contributed by atoms with E-state index < -0.39 is 5.97 Å². The summed E-state index contributed by atoms with van der Waals surface area (Å²) in [5, 5.41) is 9.35. The van der Waals surface area contributed by atoms with Crippen LogP contribution in [0.4, 0.5) is 0 Å². The van der Waals surface area contributed by atoms with Crippen LogP contribution in [0.15, 0.2) is 30.6 Å². The zero-order valence-electron chi connectivity index (χ0n) is 10.6. The van der Waals surface area contributed by atoms with Crippen molar-refractivity contribution in [2.75, 3.05) is 7.11 Å². The van der Waals surface area contributed by atoms with E-state index in [-0.39, 0.29) is 5.69 Å². The van der Waals surface area contributed by atoms with E-state index in [1.54, 1.807) is 31.4 Å². The second-order valence-corrected chi connectivity index (χ2v) is 4.27. The molecule has 0 saturated carbocycles. The molecular formula is C14H11ClN2O3. The normalized spacial score (nSPS) is 10.7. The minimum absolute atomic E-state index is 0.0487. The number of rotatable bonds is 4. The zero-order valence-corrected chi connectivity index (χ0v) is 11.3. The summed E-state index contributed by atoms with van der Waals surface area (Å²) in [6.45, 7) is 0. The van der Waals surface area contributed by atoms with Gasteiger partial charge < -0.3 is 9.84 Å². The van der Waals surface area contributed by atoms with E-state index in [1.165, 1.54) is 12.4 Å². The van der Waals surface area contributed by atoms with Gasteiger partial charge in [-0.05, 0) is 29.8 Å². The molecule has 0 bridgehead atoms. The average Bonchev–Trinajstić information content (AvgIpc) is 2.45. The molecular weight excluding hydrogens is 280 g/mol. The number of aromatic carboxylic acids is 1. The van der Waals surface area contributed by atoms with Gasteiger partial charge in [0, 0.05) is 0 Å². The van der Waals surface area contributed by atoms with Crippen molar-refractivity contribution in [1.29, 1.82) is 0 Å². The predicted molar refractivity (Wildman–Crippen MR) is 75.9 cm³/mol. The topological polar surface area (TPSA) is 72.3 Å². The summed E-state index contributed by atoms with van der Waals surface area (Å²) >= 11 is 6.02. The summed E-state index contributed by atoms with van der Waals surface area (Å²) in [5.41, 5.74) is 1.31. The van der Waals surface area contributed by atoms with Gasteiger partial charge in [-0.3, -0.25) is 0 Å². The Hall–Kier alpha value is -2.40. The van der Waals surface area contributed by atoms with Gasteiger partial charge in [-0.1, -0.05) is 23.7 Å². The first-order valence-electron chi connectivity index (χ1n) is 5.67. The summed E-state index contributed by atoms with van der Waals surface area (Å²) in [6.07, 6.45) is 4.68. The molecule has 2 rings (SSSR count). The van der Waals surface area contributed by atoms with Crippen LogP contribution in [-0.2, 0) is 0 Å². The minimum Gasteiger partial charge on any atom is -0.495 e. The number of aromatic nitrogens is 2. The maximum absolute atomic E-state index is 10.8. The highest BCUT2D eigenvalue weighted by molar-refractivity contribution is 6.32. The molecule has 0 aliphatic carbocycles. The average molecular weight is 291 g/mol. The first-order valence-corrected chi connectivity index (χ1v) is 6.05. The molecule has 102 valence electrons. The standard InChI is InChI=1S/C14H11ClN2O3/c1-20-13-5-3-9(6-11(13)15)2-4-10-7-12(14(18)19)17-8-16-10/h2-8H,1H3,(H,18,19)/b4-2+. The lowest BCUT2D eigenvalue weighted by molar-refractivity contribution is 0.0690. The van der Waals surface area contributed by atoms with Crippen LogP contribution in [0.1, 0.15) is 21.7 Å².